The third kappa shape index (κ3) is 4.01. The first-order chi connectivity index (χ1) is 15.3. The number of nitrogens with zero attached hydrogens (tertiary/aromatic N) is 4. The van der Waals surface area contributed by atoms with E-state index in [0.29, 0.717) is 27.7 Å². The maximum atomic E-state index is 13.7. The third-order valence-corrected chi connectivity index (χ3v) is 7.58. The second kappa shape index (κ2) is 8.98. The Morgan fingerprint density at radius 2 is 1.91 bits per heavy atom. The summed E-state index contributed by atoms with van der Waals surface area (Å²) in [5.41, 5.74) is 5.37. The van der Waals surface area contributed by atoms with Crippen LogP contribution in [0.5, 0.6) is 0 Å². The Kier molecular flexibility index (Phi) is 6.29. The molecule has 1 amide bonds. The van der Waals surface area contributed by atoms with Crippen molar-refractivity contribution in [1.29, 1.82) is 0 Å². The van der Waals surface area contributed by atoms with Crippen LogP contribution >= 0.6 is 11.3 Å². The lowest BCUT2D eigenvalue weighted by Crippen LogP contribution is -2.43. The number of carbonyl (C=O) groups is 1. The third-order valence-electron chi connectivity index (χ3n) is 6.42. The molecule has 1 atom stereocenters. The molecule has 0 aliphatic heterocycles. The molecular weight excluding hydrogens is 420 g/mol. The van der Waals surface area contributed by atoms with Crippen LogP contribution in [0.2, 0.25) is 0 Å². The fourth-order valence-corrected chi connectivity index (χ4v) is 5.68. The average molecular weight is 451 g/mol. The van der Waals surface area contributed by atoms with Gasteiger partial charge in [0.2, 0.25) is 0 Å². The van der Waals surface area contributed by atoms with Crippen LogP contribution in [-0.4, -0.2) is 38.2 Å². The van der Waals surface area contributed by atoms with Crippen LogP contribution in [-0.2, 0) is 19.9 Å². The fourth-order valence-electron chi connectivity index (χ4n) is 4.57. The zero-order chi connectivity index (χ0) is 23.0. The lowest BCUT2D eigenvalue weighted by atomic mass is 9.87. The van der Waals surface area contributed by atoms with E-state index in [1.807, 2.05) is 25.7 Å². The predicted octanol–water partition coefficient (Wildman–Crippen LogP) is 4.24. The van der Waals surface area contributed by atoms with Crippen molar-refractivity contribution in [2.75, 3.05) is 6.54 Å². The molecule has 0 N–H and O–H groups in total. The predicted molar refractivity (Wildman–Crippen MR) is 128 cm³/mol. The maximum Gasteiger partial charge on any atom is 0.277 e. The van der Waals surface area contributed by atoms with Crippen molar-refractivity contribution < 1.29 is 4.79 Å². The molecule has 32 heavy (non-hydrogen) atoms. The molecule has 0 radical (unpaired) electrons. The smallest absolute Gasteiger partial charge is 0.277 e. The van der Waals surface area contributed by atoms with E-state index in [1.165, 1.54) is 27.1 Å². The Morgan fingerprint density at radius 3 is 2.62 bits per heavy atom. The summed E-state index contributed by atoms with van der Waals surface area (Å²) in [5.74, 6) is 0.0257. The van der Waals surface area contributed by atoms with E-state index in [4.69, 9.17) is 0 Å². The van der Waals surface area contributed by atoms with Crippen LogP contribution in [0.15, 0.2) is 29.1 Å². The van der Waals surface area contributed by atoms with E-state index >= 15 is 0 Å². The van der Waals surface area contributed by atoms with Gasteiger partial charge in [-0.25, -0.2) is 9.67 Å². The molecule has 2 aromatic heterocycles. The monoisotopic (exact) mass is 450 g/mol. The van der Waals surface area contributed by atoms with Gasteiger partial charge in [0.15, 0.2) is 0 Å². The van der Waals surface area contributed by atoms with E-state index in [-0.39, 0.29) is 17.5 Å². The summed E-state index contributed by atoms with van der Waals surface area (Å²) in [6.07, 6.45) is 3.75. The Morgan fingerprint density at radius 1 is 1.19 bits per heavy atom. The number of thiazole rings is 1. The van der Waals surface area contributed by atoms with Gasteiger partial charge in [-0.05, 0) is 63.1 Å². The van der Waals surface area contributed by atoms with Crippen LogP contribution in [0.25, 0.3) is 10.6 Å². The van der Waals surface area contributed by atoms with E-state index < -0.39 is 0 Å². The van der Waals surface area contributed by atoms with Gasteiger partial charge in [0.1, 0.15) is 9.88 Å². The molecular formula is C25H30N4O2S. The van der Waals surface area contributed by atoms with Crippen LogP contribution in [0, 0.1) is 20.8 Å². The lowest BCUT2D eigenvalue weighted by Gasteiger charge is -2.35. The topological polar surface area (TPSA) is 68.1 Å². The van der Waals surface area contributed by atoms with Crippen LogP contribution in [0.3, 0.4) is 0 Å². The summed E-state index contributed by atoms with van der Waals surface area (Å²) < 4.78 is 1.35. The molecule has 6 nitrogen and oxygen atoms in total. The van der Waals surface area contributed by atoms with E-state index in [2.05, 4.69) is 41.3 Å². The number of hydrogen-bond acceptors (Lipinski definition) is 5. The summed E-state index contributed by atoms with van der Waals surface area (Å²) in [7, 11) is 1.65. The number of carbonyl (C=O) groups excluding carboxylic acids is 1. The molecule has 3 aromatic rings. The molecule has 0 saturated heterocycles. The second-order valence-corrected chi connectivity index (χ2v) is 9.61. The highest BCUT2D eigenvalue weighted by Gasteiger charge is 2.30. The van der Waals surface area contributed by atoms with Gasteiger partial charge in [0.25, 0.3) is 11.5 Å². The van der Waals surface area contributed by atoms with Gasteiger partial charge in [-0.2, -0.15) is 5.10 Å². The molecule has 1 aromatic carbocycles. The second-order valence-electron chi connectivity index (χ2n) is 8.61. The normalized spacial score (nSPS) is 15.5. The highest BCUT2D eigenvalue weighted by Crippen LogP contribution is 2.31. The van der Waals surface area contributed by atoms with Gasteiger partial charge in [-0.15, -0.1) is 11.3 Å². The number of amides is 1. The minimum atomic E-state index is -0.185. The Hall–Kier alpha value is -2.80. The van der Waals surface area contributed by atoms with Crippen molar-refractivity contribution in [1.82, 2.24) is 19.7 Å². The quantitative estimate of drug-likeness (QED) is 0.583. The summed E-state index contributed by atoms with van der Waals surface area (Å²) in [6, 6.07) is 8.71. The van der Waals surface area contributed by atoms with Gasteiger partial charge < -0.3 is 4.90 Å². The summed E-state index contributed by atoms with van der Waals surface area (Å²) in [4.78, 5) is 33.8. The number of rotatable bonds is 5. The lowest BCUT2D eigenvalue weighted by molar-refractivity contribution is 0.0665. The van der Waals surface area contributed by atoms with Gasteiger partial charge >= 0.3 is 0 Å². The molecule has 1 aliphatic carbocycles. The Bertz CT molecular complexity index is 1230. The number of hydrogen-bond donors (Lipinski definition) is 0. The van der Waals surface area contributed by atoms with E-state index in [1.54, 1.807) is 7.05 Å². The van der Waals surface area contributed by atoms with E-state index in [9.17, 15) is 9.59 Å². The molecule has 0 bridgehead atoms. The summed E-state index contributed by atoms with van der Waals surface area (Å²) >= 11 is 1.33. The van der Waals surface area contributed by atoms with E-state index in [0.717, 1.165) is 36.9 Å². The van der Waals surface area contributed by atoms with Crippen molar-refractivity contribution in [3.05, 3.63) is 67.6 Å². The molecule has 0 fully saturated rings. The van der Waals surface area contributed by atoms with Crippen molar-refractivity contribution >= 4 is 17.2 Å². The zero-order valence-electron chi connectivity index (χ0n) is 19.4. The number of aromatic nitrogens is 3. The highest BCUT2D eigenvalue weighted by atomic mass is 32.1. The van der Waals surface area contributed by atoms with Crippen LogP contribution in [0.4, 0.5) is 0 Å². The standard InChI is InChI=1S/C25H30N4O2S/c1-6-13-29(20-12-11-18-9-7-8-10-19(18)14-20)25(31)22-17(4)26-23(32-22)21-15(2)16(3)27-28(5)24(21)30/h7-10,20H,6,11-14H2,1-5H3. The number of aryl methyl sites for hydroxylation is 4. The van der Waals surface area contributed by atoms with Gasteiger partial charge in [0.05, 0.1) is 17.0 Å². The molecule has 168 valence electrons. The molecule has 0 spiro atoms. The molecule has 2 heterocycles. The molecule has 1 aliphatic rings. The average Bonchev–Trinajstić information content (AvgIpc) is 3.16. The van der Waals surface area contributed by atoms with Crippen molar-refractivity contribution in [2.24, 2.45) is 7.05 Å². The highest BCUT2D eigenvalue weighted by molar-refractivity contribution is 7.17. The first kappa shape index (κ1) is 22.4. The van der Waals surface area contributed by atoms with Crippen molar-refractivity contribution in [2.45, 2.75) is 59.4 Å². The number of benzene rings is 1. The number of fused-ring (bicyclic) bond motifs is 1. The minimum Gasteiger partial charge on any atom is -0.335 e. The summed E-state index contributed by atoms with van der Waals surface area (Å²) in [6.45, 7) is 8.46. The maximum absolute atomic E-state index is 13.7. The van der Waals surface area contributed by atoms with Crippen molar-refractivity contribution in [3.63, 3.8) is 0 Å². The van der Waals surface area contributed by atoms with Gasteiger partial charge in [-0.1, -0.05) is 31.2 Å². The largest absolute Gasteiger partial charge is 0.335 e. The fraction of sp³-hybridized carbons (Fsp3) is 0.440. The molecule has 1 unspecified atom stereocenters. The molecule has 4 rings (SSSR count). The van der Waals surface area contributed by atoms with Crippen molar-refractivity contribution in [3.8, 4) is 10.6 Å². The van der Waals surface area contributed by atoms with Crippen LogP contribution < -0.4 is 5.56 Å². The SMILES string of the molecule is CCCN(C(=O)c1sc(-c2c(C)c(C)nn(C)c2=O)nc1C)C1CCc2ccccc2C1. The molecule has 7 heteroatoms. The molecule has 0 saturated carbocycles. The Balaban J connectivity index is 1.69. The van der Waals surface area contributed by atoms with Crippen LogP contribution in [0.1, 0.15) is 57.5 Å². The minimum absolute atomic E-state index is 0.0257. The Labute approximate surface area is 192 Å². The first-order valence-corrected chi connectivity index (χ1v) is 12.0. The zero-order valence-corrected chi connectivity index (χ0v) is 20.3. The first-order valence-electron chi connectivity index (χ1n) is 11.2. The summed E-state index contributed by atoms with van der Waals surface area (Å²) in [5, 5.41) is 4.86. The van der Waals surface area contributed by atoms with Gasteiger partial charge in [-0.3, -0.25) is 9.59 Å². The van der Waals surface area contributed by atoms with Gasteiger partial charge in [0, 0.05) is 19.6 Å².